The highest BCUT2D eigenvalue weighted by Crippen LogP contribution is 2.32. The number of nitrogens with two attached hydrogens (primary N) is 2. The molecule has 0 unspecified atom stereocenters. The number of allylic oxidation sites excluding steroid dienone is 10. The van der Waals surface area contributed by atoms with Gasteiger partial charge in [-0.15, -0.1) is 0 Å². The Bertz CT molecular complexity index is 985. The van der Waals surface area contributed by atoms with Crippen molar-refractivity contribution in [2.24, 2.45) is 11.5 Å². The van der Waals surface area contributed by atoms with Crippen LogP contribution in [0.5, 0.6) is 5.75 Å². The second kappa shape index (κ2) is 15.4. The number of ether oxygens (including phenoxy) is 2. The maximum atomic E-state index is 5.98. The van der Waals surface area contributed by atoms with Crippen molar-refractivity contribution in [2.45, 2.75) is 46.5 Å². The fraction of sp³-hybridized carbons (Fsp3) is 0.267. The third-order valence-corrected chi connectivity index (χ3v) is 5.25. The van der Waals surface area contributed by atoms with Crippen LogP contribution >= 0.6 is 0 Å². The first kappa shape index (κ1) is 28.5. The lowest BCUT2D eigenvalue weighted by molar-refractivity contribution is 0.334. The molecule has 0 saturated heterocycles. The predicted molar refractivity (Wildman–Crippen MR) is 146 cm³/mol. The van der Waals surface area contributed by atoms with Crippen molar-refractivity contribution in [2.75, 3.05) is 6.54 Å². The number of hydrogen-bond donors (Lipinski definition) is 2. The number of hydrogen-bond acceptors (Lipinski definition) is 4. The third kappa shape index (κ3) is 9.97. The van der Waals surface area contributed by atoms with Gasteiger partial charge in [0.05, 0.1) is 6.26 Å². The Kier molecular flexibility index (Phi) is 12.9. The van der Waals surface area contributed by atoms with E-state index in [0.29, 0.717) is 18.0 Å². The first-order valence-electron chi connectivity index (χ1n) is 11.6. The Morgan fingerprint density at radius 2 is 1.76 bits per heavy atom. The average Bonchev–Trinajstić information content (AvgIpc) is 2.83. The predicted octanol–water partition coefficient (Wildman–Crippen LogP) is 7.12. The molecule has 4 N–H and O–H groups in total. The average molecular weight is 461 g/mol. The van der Waals surface area contributed by atoms with E-state index >= 15 is 0 Å². The van der Waals surface area contributed by atoms with Crippen molar-refractivity contribution in [3.05, 3.63) is 126 Å². The van der Waals surface area contributed by atoms with Crippen molar-refractivity contribution in [1.82, 2.24) is 0 Å². The summed E-state index contributed by atoms with van der Waals surface area (Å²) in [5.41, 5.74) is 14.2. The second-order valence-electron chi connectivity index (χ2n) is 8.14. The minimum Gasteiger partial charge on any atom is -0.465 e. The standard InChI is InChI=1S/C30H40N2O2/c1-7-12-26(32)14-11-23-33-28-20-17-25(18-21-28)30(5,6)24(4)16-19-27(9-3)34-29(13-8-2)15-10-22-31/h7,9-21,23H,3,8,22,31-32H2,1-2,4-6H3/b12-7-,15-10-,23-11+,24-16+,26-14+,27-19+,29-13+. The van der Waals surface area contributed by atoms with Gasteiger partial charge in [-0.3, -0.25) is 0 Å². The largest absolute Gasteiger partial charge is 0.465 e. The minimum absolute atomic E-state index is 0.178. The molecule has 0 spiro atoms. The Labute approximate surface area is 206 Å². The van der Waals surface area contributed by atoms with E-state index in [1.54, 1.807) is 24.5 Å². The number of rotatable bonds is 13. The van der Waals surface area contributed by atoms with Gasteiger partial charge in [-0.1, -0.05) is 63.3 Å². The van der Waals surface area contributed by atoms with Crippen molar-refractivity contribution >= 4 is 0 Å². The number of benzene rings is 1. The molecule has 1 aromatic carbocycles. The molecule has 34 heavy (non-hydrogen) atoms. The molecule has 0 atom stereocenters. The van der Waals surface area contributed by atoms with Crippen LogP contribution in [0.3, 0.4) is 0 Å². The SMILES string of the molecule is C=C/C(=C\C=C(/C)C(C)(C)c1ccc(O/C=C/C=C(N)\C=C/C)cc1)OC(/C=C\CN)=C/CC. The first-order valence-corrected chi connectivity index (χ1v) is 11.6. The Hall–Kier alpha value is -3.50. The minimum atomic E-state index is -0.178. The maximum absolute atomic E-state index is 5.98. The van der Waals surface area contributed by atoms with Gasteiger partial charge in [-0.2, -0.15) is 0 Å². The van der Waals surface area contributed by atoms with Crippen LogP contribution in [0.2, 0.25) is 0 Å². The molecular formula is C30H40N2O2. The van der Waals surface area contributed by atoms with Gasteiger partial charge in [0.15, 0.2) is 0 Å². The van der Waals surface area contributed by atoms with Gasteiger partial charge in [-0.25, -0.2) is 0 Å². The third-order valence-electron chi connectivity index (χ3n) is 5.25. The Balaban J connectivity index is 2.95. The van der Waals surface area contributed by atoms with Crippen molar-refractivity contribution < 1.29 is 9.47 Å². The van der Waals surface area contributed by atoms with E-state index in [1.165, 1.54) is 11.1 Å². The van der Waals surface area contributed by atoms with Gasteiger partial charge in [0.2, 0.25) is 0 Å². The molecule has 0 amide bonds. The molecule has 0 saturated carbocycles. The highest BCUT2D eigenvalue weighted by Gasteiger charge is 2.22. The van der Waals surface area contributed by atoms with Crippen LogP contribution in [-0.2, 0) is 10.2 Å². The van der Waals surface area contributed by atoms with Crippen LogP contribution in [0.4, 0.5) is 0 Å². The van der Waals surface area contributed by atoms with Crippen LogP contribution in [0.25, 0.3) is 0 Å². The van der Waals surface area contributed by atoms with Crippen LogP contribution in [0.1, 0.15) is 46.6 Å². The summed E-state index contributed by atoms with van der Waals surface area (Å²) in [6.07, 6.45) is 21.2. The van der Waals surface area contributed by atoms with E-state index in [0.717, 1.165) is 17.9 Å². The molecule has 0 aliphatic heterocycles. The van der Waals surface area contributed by atoms with Gasteiger partial charge in [0, 0.05) is 17.7 Å². The molecule has 0 aromatic heterocycles. The molecule has 182 valence electrons. The lowest BCUT2D eigenvalue weighted by atomic mass is 9.78. The smallest absolute Gasteiger partial charge is 0.126 e. The Morgan fingerprint density at radius 1 is 1.06 bits per heavy atom. The summed E-state index contributed by atoms with van der Waals surface area (Å²) in [6.45, 7) is 14.8. The summed E-state index contributed by atoms with van der Waals surface area (Å²) in [5.74, 6) is 2.20. The summed E-state index contributed by atoms with van der Waals surface area (Å²) in [5, 5.41) is 0. The maximum Gasteiger partial charge on any atom is 0.126 e. The lowest BCUT2D eigenvalue weighted by Gasteiger charge is -2.26. The normalized spacial score (nSPS) is 14.4. The molecule has 0 radical (unpaired) electrons. The van der Waals surface area contributed by atoms with Gasteiger partial charge in [-0.05, 0) is 80.5 Å². The van der Waals surface area contributed by atoms with Crippen molar-refractivity contribution in [3.63, 3.8) is 0 Å². The molecule has 0 aliphatic carbocycles. The summed E-state index contributed by atoms with van der Waals surface area (Å²) in [7, 11) is 0. The van der Waals surface area contributed by atoms with E-state index in [-0.39, 0.29) is 5.41 Å². The molecule has 0 bridgehead atoms. The van der Waals surface area contributed by atoms with Crippen LogP contribution < -0.4 is 16.2 Å². The summed E-state index contributed by atoms with van der Waals surface area (Å²) >= 11 is 0. The zero-order chi connectivity index (χ0) is 25.4. The van der Waals surface area contributed by atoms with Crippen molar-refractivity contribution in [1.29, 1.82) is 0 Å². The van der Waals surface area contributed by atoms with E-state index in [4.69, 9.17) is 20.9 Å². The van der Waals surface area contributed by atoms with Gasteiger partial charge < -0.3 is 20.9 Å². The van der Waals surface area contributed by atoms with Crippen LogP contribution in [0.15, 0.2) is 121 Å². The monoisotopic (exact) mass is 460 g/mol. The molecule has 4 heteroatoms. The zero-order valence-electron chi connectivity index (χ0n) is 21.3. The van der Waals surface area contributed by atoms with E-state index in [9.17, 15) is 0 Å². The summed E-state index contributed by atoms with van der Waals surface area (Å²) in [6, 6.07) is 8.10. The van der Waals surface area contributed by atoms with E-state index in [1.807, 2.05) is 55.5 Å². The molecule has 0 aliphatic rings. The molecule has 4 nitrogen and oxygen atoms in total. The van der Waals surface area contributed by atoms with Gasteiger partial charge >= 0.3 is 0 Å². The topological polar surface area (TPSA) is 70.5 Å². The summed E-state index contributed by atoms with van der Waals surface area (Å²) in [4.78, 5) is 0. The molecule has 1 rings (SSSR count). The highest BCUT2D eigenvalue weighted by molar-refractivity contribution is 5.39. The van der Waals surface area contributed by atoms with Gasteiger partial charge in [0.1, 0.15) is 17.3 Å². The molecular weight excluding hydrogens is 420 g/mol. The fourth-order valence-corrected chi connectivity index (χ4v) is 2.92. The van der Waals surface area contributed by atoms with E-state index < -0.39 is 0 Å². The van der Waals surface area contributed by atoms with Crippen LogP contribution in [0, 0.1) is 0 Å². The lowest BCUT2D eigenvalue weighted by Crippen LogP contribution is -2.18. The molecule has 1 aromatic rings. The van der Waals surface area contributed by atoms with Crippen molar-refractivity contribution in [3.8, 4) is 5.75 Å². The fourth-order valence-electron chi connectivity index (χ4n) is 2.92. The Morgan fingerprint density at radius 3 is 2.35 bits per heavy atom. The first-order chi connectivity index (χ1) is 16.3. The zero-order valence-corrected chi connectivity index (χ0v) is 21.3. The molecule has 0 heterocycles. The quantitative estimate of drug-likeness (QED) is 0.243. The molecule has 0 fully saturated rings. The second-order valence-corrected chi connectivity index (χ2v) is 8.14. The van der Waals surface area contributed by atoms with E-state index in [2.05, 4.69) is 52.5 Å². The van der Waals surface area contributed by atoms with Gasteiger partial charge in [0.25, 0.3) is 0 Å². The highest BCUT2D eigenvalue weighted by atomic mass is 16.5. The van der Waals surface area contributed by atoms with Crippen LogP contribution in [-0.4, -0.2) is 6.54 Å². The summed E-state index contributed by atoms with van der Waals surface area (Å²) < 4.78 is 11.6.